The number of carbonyl (C=O) groups excluding carboxylic acids is 4. The molecule has 0 N–H and O–H groups in total. The summed E-state index contributed by atoms with van der Waals surface area (Å²) in [6.07, 6.45) is -3.97. The second-order valence-corrected chi connectivity index (χ2v) is 4.22. The van der Waals surface area contributed by atoms with Gasteiger partial charge in [0.05, 0.1) is 15.6 Å². The first kappa shape index (κ1) is 18.3. The summed E-state index contributed by atoms with van der Waals surface area (Å²) in [4.78, 5) is 45.4. The molecule has 9 heteroatoms. The summed E-state index contributed by atoms with van der Waals surface area (Å²) in [5, 5.41) is 0. The molecule has 1 unspecified atom stereocenters. The molecule has 0 aromatic heterocycles. The fourth-order valence-electron chi connectivity index (χ4n) is 1.19. The maximum Gasteiger partial charge on any atom is 0.354 e. The van der Waals surface area contributed by atoms with Crippen LogP contribution in [0.25, 0.3) is 0 Å². The third-order valence-corrected chi connectivity index (χ3v) is 2.03. The third-order valence-electron chi connectivity index (χ3n) is 1.79. The van der Waals surface area contributed by atoms with Crippen molar-refractivity contribution >= 4 is 33.3 Å². The maximum absolute atomic E-state index is 11.8. The summed E-state index contributed by atoms with van der Waals surface area (Å²) in [5.41, 5.74) is 0. The van der Waals surface area contributed by atoms with E-state index >= 15 is 0 Å². The van der Waals surface area contributed by atoms with E-state index in [1.165, 1.54) is 0 Å². The van der Waals surface area contributed by atoms with Crippen molar-refractivity contribution in [2.45, 2.75) is 46.0 Å². The van der Waals surface area contributed by atoms with Crippen LogP contribution in [0.4, 0.5) is 0 Å². The Morgan fingerprint density at radius 1 is 0.800 bits per heavy atom. The van der Waals surface area contributed by atoms with Gasteiger partial charge in [0.2, 0.25) is 12.2 Å². The van der Waals surface area contributed by atoms with E-state index in [1.54, 1.807) is 23.3 Å². The summed E-state index contributed by atoms with van der Waals surface area (Å²) >= 11 is 0. The highest BCUT2D eigenvalue weighted by Crippen LogP contribution is 2.13. The van der Waals surface area contributed by atoms with Gasteiger partial charge in [-0.3, -0.25) is 9.59 Å². The maximum atomic E-state index is 11.8. The van der Waals surface area contributed by atoms with E-state index in [-0.39, 0.29) is 0 Å². The zero-order chi connectivity index (χ0) is 15.9. The van der Waals surface area contributed by atoms with Gasteiger partial charge in [-0.25, -0.2) is 9.59 Å². The Hall–Kier alpha value is -1.69. The Morgan fingerprint density at radius 3 is 1.50 bits per heavy atom. The van der Waals surface area contributed by atoms with Crippen LogP contribution < -0.4 is 0 Å². The van der Waals surface area contributed by atoms with Gasteiger partial charge in [0, 0.05) is 13.8 Å². The van der Waals surface area contributed by atoms with Crippen molar-refractivity contribution in [3.8, 4) is 0 Å². The first-order chi connectivity index (χ1) is 9.18. The number of carbonyl (C=O) groups is 4. The summed E-state index contributed by atoms with van der Waals surface area (Å²) in [6, 6.07) is 0. The SMILES string of the molecule is CC(=O)O[C@H](C(=O)OP)[C@H](OC(C)=O)C(=O)OC(C)C. The van der Waals surface area contributed by atoms with Crippen molar-refractivity contribution in [1.29, 1.82) is 0 Å². The number of hydrogen-bond acceptors (Lipinski definition) is 8. The molecule has 0 aliphatic heterocycles. The van der Waals surface area contributed by atoms with Crippen molar-refractivity contribution in [2.24, 2.45) is 0 Å². The van der Waals surface area contributed by atoms with Crippen molar-refractivity contribution in [1.82, 2.24) is 0 Å². The van der Waals surface area contributed by atoms with Crippen LogP contribution in [0.1, 0.15) is 27.7 Å². The Labute approximate surface area is 118 Å². The lowest BCUT2D eigenvalue weighted by molar-refractivity contribution is -0.188. The Bertz CT molecular complexity index is 392. The molecule has 0 amide bonds. The van der Waals surface area contributed by atoms with Gasteiger partial charge in [0.25, 0.3) is 0 Å². The van der Waals surface area contributed by atoms with E-state index in [0.717, 1.165) is 13.8 Å². The standard InChI is InChI=1S/C11H17O8P/c1-5(2)16-10(14)8(17-6(3)12)9(11(15)19-20)18-7(4)13/h5,8-9H,20H2,1-4H3/t8-,9-/m0/s1. The lowest BCUT2D eigenvalue weighted by Gasteiger charge is -2.23. The zero-order valence-electron chi connectivity index (χ0n) is 11.6. The highest BCUT2D eigenvalue weighted by atomic mass is 31.0. The molecule has 8 nitrogen and oxygen atoms in total. The van der Waals surface area contributed by atoms with E-state index in [0.29, 0.717) is 0 Å². The summed E-state index contributed by atoms with van der Waals surface area (Å²) in [5.74, 6) is -3.78. The van der Waals surface area contributed by atoms with Gasteiger partial charge in [-0.05, 0) is 13.8 Å². The number of rotatable bonds is 6. The Kier molecular flexibility index (Phi) is 7.76. The normalized spacial score (nSPS) is 13.1. The molecule has 0 fully saturated rings. The minimum absolute atomic E-state index is 0.509. The van der Waals surface area contributed by atoms with Crippen LogP contribution in [0.2, 0.25) is 0 Å². The first-order valence-electron chi connectivity index (χ1n) is 5.64. The molecule has 3 atom stereocenters. The molecule has 0 saturated heterocycles. The lowest BCUT2D eigenvalue weighted by atomic mass is 10.2. The predicted molar refractivity (Wildman–Crippen MR) is 68.1 cm³/mol. The molecule has 0 aromatic carbocycles. The summed E-state index contributed by atoms with van der Waals surface area (Å²) in [7, 11) is 1.65. The largest absolute Gasteiger partial charge is 0.460 e. The molecule has 0 aliphatic rings. The molecule has 20 heavy (non-hydrogen) atoms. The van der Waals surface area contributed by atoms with Crippen LogP contribution in [-0.4, -0.2) is 42.2 Å². The molecule has 0 radical (unpaired) electrons. The van der Waals surface area contributed by atoms with Gasteiger partial charge in [0.15, 0.2) is 0 Å². The van der Waals surface area contributed by atoms with Crippen LogP contribution in [0, 0.1) is 0 Å². The van der Waals surface area contributed by atoms with E-state index in [2.05, 4.69) is 9.26 Å². The Morgan fingerprint density at radius 2 is 1.20 bits per heavy atom. The third kappa shape index (κ3) is 6.47. The number of hydrogen-bond donors (Lipinski definition) is 0. The molecule has 0 bridgehead atoms. The highest BCUT2D eigenvalue weighted by molar-refractivity contribution is 7.10. The molecule has 0 rings (SSSR count). The van der Waals surface area contributed by atoms with Crippen molar-refractivity contribution in [3.63, 3.8) is 0 Å². The average Bonchev–Trinajstić information content (AvgIpc) is 2.30. The summed E-state index contributed by atoms with van der Waals surface area (Å²) < 4.78 is 18.5. The van der Waals surface area contributed by atoms with E-state index in [4.69, 9.17) is 9.47 Å². The van der Waals surface area contributed by atoms with E-state index in [1.807, 2.05) is 0 Å². The fourth-order valence-corrected chi connectivity index (χ4v) is 1.33. The summed E-state index contributed by atoms with van der Waals surface area (Å²) in [6.45, 7) is 5.20. The van der Waals surface area contributed by atoms with Crippen molar-refractivity contribution in [2.75, 3.05) is 0 Å². The second-order valence-electron chi connectivity index (χ2n) is 3.98. The molecule has 0 aromatic rings. The molecule has 0 saturated carbocycles. The van der Waals surface area contributed by atoms with Gasteiger partial charge in [0.1, 0.15) is 0 Å². The smallest absolute Gasteiger partial charge is 0.354 e. The first-order valence-corrected chi connectivity index (χ1v) is 6.11. The lowest BCUT2D eigenvalue weighted by Crippen LogP contribution is -2.46. The second kappa shape index (κ2) is 8.47. The molecule has 114 valence electrons. The monoisotopic (exact) mass is 308 g/mol. The van der Waals surface area contributed by atoms with Gasteiger partial charge < -0.3 is 18.7 Å². The number of esters is 3. The van der Waals surface area contributed by atoms with E-state index < -0.39 is 42.2 Å². The topological polar surface area (TPSA) is 105 Å². The van der Waals surface area contributed by atoms with Crippen molar-refractivity contribution in [3.05, 3.63) is 0 Å². The van der Waals surface area contributed by atoms with Crippen LogP contribution in [0.3, 0.4) is 0 Å². The predicted octanol–water partition coefficient (Wildman–Crippen LogP) is 0.135. The van der Waals surface area contributed by atoms with Gasteiger partial charge in [-0.1, -0.05) is 0 Å². The van der Waals surface area contributed by atoms with Crippen LogP contribution in [0.15, 0.2) is 0 Å². The minimum Gasteiger partial charge on any atom is -0.460 e. The molecule has 0 heterocycles. The molecule has 0 aliphatic carbocycles. The molecular weight excluding hydrogens is 291 g/mol. The van der Waals surface area contributed by atoms with Gasteiger partial charge >= 0.3 is 23.9 Å². The minimum atomic E-state index is -1.74. The Balaban J connectivity index is 5.28. The van der Waals surface area contributed by atoms with Gasteiger partial charge in [-0.2, -0.15) is 0 Å². The number of ether oxygens (including phenoxy) is 3. The highest BCUT2D eigenvalue weighted by Gasteiger charge is 2.41. The van der Waals surface area contributed by atoms with Crippen LogP contribution >= 0.6 is 9.47 Å². The molecular formula is C11H17O8P. The molecule has 0 spiro atoms. The van der Waals surface area contributed by atoms with Crippen LogP contribution in [-0.2, 0) is 37.9 Å². The quantitative estimate of drug-likeness (QED) is 0.387. The zero-order valence-corrected chi connectivity index (χ0v) is 12.7. The fraction of sp³-hybridized carbons (Fsp3) is 0.636. The van der Waals surface area contributed by atoms with Crippen LogP contribution in [0.5, 0.6) is 0 Å². The van der Waals surface area contributed by atoms with E-state index in [9.17, 15) is 19.2 Å². The average molecular weight is 308 g/mol. The van der Waals surface area contributed by atoms with Gasteiger partial charge in [-0.15, -0.1) is 0 Å². The van der Waals surface area contributed by atoms with Crippen molar-refractivity contribution < 1.29 is 37.9 Å².